The summed E-state index contributed by atoms with van der Waals surface area (Å²) in [6.45, 7) is 0. The number of nitrogens with one attached hydrogen (secondary N) is 3. The van der Waals surface area contributed by atoms with Gasteiger partial charge in [0.25, 0.3) is 5.91 Å². The van der Waals surface area contributed by atoms with Crippen molar-refractivity contribution in [1.29, 1.82) is 0 Å². The fourth-order valence-electron chi connectivity index (χ4n) is 2.19. The molecule has 0 bridgehead atoms. The average molecular weight is 382 g/mol. The van der Waals surface area contributed by atoms with Crippen LogP contribution < -0.4 is 16.0 Å². The summed E-state index contributed by atoms with van der Waals surface area (Å²) in [5, 5.41) is 18.6. The SMILES string of the molecule is O=C(Nc1ccccc1)Nc1ccc(NC(=O)c2ccc([N+](=O)[O-])s2)cc1. The predicted molar refractivity (Wildman–Crippen MR) is 104 cm³/mol. The number of thiophene rings is 1. The maximum Gasteiger partial charge on any atom is 0.324 e. The number of carbonyl (C=O) groups excluding carboxylic acids is 2. The molecule has 0 aliphatic heterocycles. The van der Waals surface area contributed by atoms with Crippen molar-refractivity contribution in [2.45, 2.75) is 0 Å². The van der Waals surface area contributed by atoms with Gasteiger partial charge < -0.3 is 16.0 Å². The van der Waals surface area contributed by atoms with Crippen LogP contribution in [-0.4, -0.2) is 16.9 Å². The van der Waals surface area contributed by atoms with Gasteiger partial charge in [0, 0.05) is 23.1 Å². The minimum atomic E-state index is -0.539. The lowest BCUT2D eigenvalue weighted by atomic mass is 10.2. The van der Waals surface area contributed by atoms with Crippen molar-refractivity contribution in [3.05, 3.63) is 81.7 Å². The number of amides is 3. The summed E-state index contributed by atoms with van der Waals surface area (Å²) in [6, 6.07) is 17.9. The number of nitrogens with zero attached hydrogens (tertiary/aromatic N) is 1. The summed E-state index contributed by atoms with van der Waals surface area (Å²) in [6.07, 6.45) is 0. The summed E-state index contributed by atoms with van der Waals surface area (Å²) < 4.78 is 0. The number of anilines is 3. The fourth-order valence-corrected chi connectivity index (χ4v) is 2.91. The second-order valence-corrected chi connectivity index (χ2v) is 6.43. The molecule has 3 rings (SSSR count). The van der Waals surface area contributed by atoms with Crippen LogP contribution in [0, 0.1) is 10.1 Å². The van der Waals surface area contributed by atoms with Crippen molar-refractivity contribution in [2.75, 3.05) is 16.0 Å². The molecule has 1 aromatic heterocycles. The molecule has 9 heteroatoms. The quantitative estimate of drug-likeness (QED) is 0.443. The molecule has 136 valence electrons. The van der Waals surface area contributed by atoms with Crippen molar-refractivity contribution >= 4 is 45.3 Å². The zero-order chi connectivity index (χ0) is 19.2. The normalized spacial score (nSPS) is 10.1. The smallest absolute Gasteiger partial charge is 0.321 e. The molecule has 0 radical (unpaired) electrons. The predicted octanol–water partition coefficient (Wildman–Crippen LogP) is 4.55. The van der Waals surface area contributed by atoms with E-state index >= 15 is 0 Å². The van der Waals surface area contributed by atoms with E-state index in [4.69, 9.17) is 0 Å². The molecule has 2 aromatic carbocycles. The Morgan fingerprint density at radius 1 is 0.778 bits per heavy atom. The lowest BCUT2D eigenvalue weighted by Gasteiger charge is -2.09. The van der Waals surface area contributed by atoms with Gasteiger partial charge in [-0.25, -0.2) is 4.79 Å². The topological polar surface area (TPSA) is 113 Å². The number of hydrogen-bond acceptors (Lipinski definition) is 5. The summed E-state index contributed by atoms with van der Waals surface area (Å²) in [4.78, 5) is 34.4. The number of urea groups is 1. The molecule has 27 heavy (non-hydrogen) atoms. The third-order valence-corrected chi connectivity index (χ3v) is 4.46. The maximum atomic E-state index is 12.1. The highest BCUT2D eigenvalue weighted by Gasteiger charge is 2.15. The van der Waals surface area contributed by atoms with Crippen LogP contribution in [0.5, 0.6) is 0 Å². The van der Waals surface area contributed by atoms with E-state index in [9.17, 15) is 19.7 Å². The van der Waals surface area contributed by atoms with E-state index in [2.05, 4.69) is 16.0 Å². The highest BCUT2D eigenvalue weighted by molar-refractivity contribution is 7.17. The van der Waals surface area contributed by atoms with Gasteiger partial charge >= 0.3 is 11.0 Å². The van der Waals surface area contributed by atoms with Crippen molar-refractivity contribution in [1.82, 2.24) is 0 Å². The molecule has 0 atom stereocenters. The lowest BCUT2D eigenvalue weighted by Crippen LogP contribution is -2.19. The molecule has 0 aliphatic carbocycles. The number of hydrogen-bond donors (Lipinski definition) is 3. The van der Waals surface area contributed by atoms with Crippen molar-refractivity contribution in [2.24, 2.45) is 0 Å². The fraction of sp³-hybridized carbons (Fsp3) is 0. The maximum absolute atomic E-state index is 12.1. The summed E-state index contributed by atoms with van der Waals surface area (Å²) in [5.41, 5.74) is 1.72. The van der Waals surface area contributed by atoms with Gasteiger partial charge in [-0.05, 0) is 42.5 Å². The van der Waals surface area contributed by atoms with Gasteiger partial charge in [0.05, 0.1) is 9.80 Å². The average Bonchev–Trinajstić information content (AvgIpc) is 3.15. The van der Waals surface area contributed by atoms with Gasteiger partial charge in [-0.1, -0.05) is 29.5 Å². The molecule has 0 saturated heterocycles. The summed E-state index contributed by atoms with van der Waals surface area (Å²) in [5.74, 6) is -0.435. The van der Waals surface area contributed by atoms with Gasteiger partial charge in [-0.3, -0.25) is 14.9 Å². The number of rotatable bonds is 5. The Hall–Kier alpha value is -3.72. The van der Waals surface area contributed by atoms with Crippen LogP contribution >= 0.6 is 11.3 Å². The first-order chi connectivity index (χ1) is 13.0. The highest BCUT2D eigenvalue weighted by atomic mass is 32.1. The highest BCUT2D eigenvalue weighted by Crippen LogP contribution is 2.25. The number of benzene rings is 2. The summed E-state index contributed by atoms with van der Waals surface area (Å²) >= 11 is 0.804. The molecule has 3 aromatic rings. The van der Waals surface area contributed by atoms with E-state index in [0.717, 1.165) is 11.3 Å². The molecule has 3 N–H and O–H groups in total. The van der Waals surface area contributed by atoms with Crippen LogP contribution in [0.1, 0.15) is 9.67 Å². The molecule has 0 aliphatic rings. The van der Waals surface area contributed by atoms with E-state index < -0.39 is 10.8 Å². The van der Waals surface area contributed by atoms with Crippen molar-refractivity contribution < 1.29 is 14.5 Å². The Morgan fingerprint density at radius 2 is 1.33 bits per heavy atom. The van der Waals surface area contributed by atoms with Gasteiger partial charge in [0.2, 0.25) is 0 Å². The zero-order valence-electron chi connectivity index (χ0n) is 13.8. The molecule has 3 amide bonds. The Balaban J connectivity index is 1.57. The Bertz CT molecular complexity index is 971. The Morgan fingerprint density at radius 3 is 1.89 bits per heavy atom. The van der Waals surface area contributed by atoms with E-state index in [1.165, 1.54) is 12.1 Å². The molecule has 1 heterocycles. The van der Waals surface area contributed by atoms with Crippen LogP contribution in [0.3, 0.4) is 0 Å². The number of nitro groups is 1. The van der Waals surface area contributed by atoms with Crippen LogP contribution in [-0.2, 0) is 0 Å². The van der Waals surface area contributed by atoms with Crippen LogP contribution in [0.2, 0.25) is 0 Å². The van der Waals surface area contributed by atoms with Gasteiger partial charge in [0.15, 0.2) is 0 Å². The van der Waals surface area contributed by atoms with Crippen molar-refractivity contribution in [3.63, 3.8) is 0 Å². The molecule has 0 spiro atoms. The largest absolute Gasteiger partial charge is 0.324 e. The second kappa shape index (κ2) is 8.11. The van der Waals surface area contributed by atoms with Crippen molar-refractivity contribution in [3.8, 4) is 0 Å². The first-order valence-electron chi connectivity index (χ1n) is 7.80. The molecule has 8 nitrogen and oxygen atoms in total. The van der Waals surface area contributed by atoms with Crippen LogP contribution in [0.15, 0.2) is 66.7 Å². The van der Waals surface area contributed by atoms with Gasteiger partial charge in [-0.15, -0.1) is 0 Å². The molecule has 0 unspecified atom stereocenters. The third kappa shape index (κ3) is 4.89. The van der Waals surface area contributed by atoms with E-state index in [1.54, 1.807) is 36.4 Å². The number of carbonyl (C=O) groups is 2. The molecular weight excluding hydrogens is 368 g/mol. The standard InChI is InChI=1S/C18H14N4O4S/c23-17(15-10-11-16(27-15)22(25)26)19-13-6-8-14(9-7-13)21-18(24)20-12-4-2-1-3-5-12/h1-11H,(H,19,23)(H2,20,21,24). The zero-order valence-corrected chi connectivity index (χ0v) is 14.7. The van der Waals surface area contributed by atoms with E-state index in [1.807, 2.05) is 18.2 Å². The van der Waals surface area contributed by atoms with Crippen LogP contribution in [0.4, 0.5) is 26.9 Å². The molecule has 0 fully saturated rings. The lowest BCUT2D eigenvalue weighted by molar-refractivity contribution is -0.380. The number of para-hydroxylation sites is 1. The van der Waals surface area contributed by atoms with E-state index in [0.29, 0.717) is 17.1 Å². The second-order valence-electron chi connectivity index (χ2n) is 5.37. The Kier molecular flexibility index (Phi) is 5.43. The minimum Gasteiger partial charge on any atom is -0.321 e. The monoisotopic (exact) mass is 382 g/mol. The first-order valence-corrected chi connectivity index (χ1v) is 8.61. The van der Waals surface area contributed by atoms with Crippen LogP contribution in [0.25, 0.3) is 0 Å². The van der Waals surface area contributed by atoms with E-state index in [-0.39, 0.29) is 15.9 Å². The Labute approximate surface area is 158 Å². The third-order valence-electron chi connectivity index (χ3n) is 3.43. The molecular formula is C18H14N4O4S. The molecule has 0 saturated carbocycles. The minimum absolute atomic E-state index is 0.0934. The van der Waals surface area contributed by atoms with Gasteiger partial charge in [0.1, 0.15) is 0 Å². The summed E-state index contributed by atoms with van der Waals surface area (Å²) in [7, 11) is 0. The first kappa shape index (κ1) is 18.1. The van der Waals surface area contributed by atoms with Gasteiger partial charge in [-0.2, -0.15) is 0 Å².